The zero-order chi connectivity index (χ0) is 35.3. The number of halogens is 2. The van der Waals surface area contributed by atoms with Crippen LogP contribution in [-0.4, -0.2) is 81.6 Å². The Morgan fingerprint density at radius 3 is 2.08 bits per heavy atom. The second-order valence-corrected chi connectivity index (χ2v) is 16.5. The second kappa shape index (κ2) is 13.5. The Labute approximate surface area is 290 Å². The Balaban J connectivity index is 1.28. The van der Waals surface area contributed by atoms with E-state index in [2.05, 4.69) is 16.0 Å². The Kier molecular flexibility index (Phi) is 10.1. The molecule has 3 aliphatic carbocycles. The number of fused-ring (bicyclic) bond motifs is 2. The van der Waals surface area contributed by atoms with Gasteiger partial charge in [0.15, 0.2) is 0 Å². The maximum atomic E-state index is 14.2. The molecule has 1 aromatic rings. The summed E-state index contributed by atoms with van der Waals surface area (Å²) < 4.78 is 4.55. The largest absolute Gasteiger partial charge is 0.460 e. The van der Waals surface area contributed by atoms with Crippen molar-refractivity contribution in [3.8, 4) is 0 Å². The highest BCUT2D eigenvalue weighted by Gasteiger charge is 2.74. The molecule has 0 bridgehead atoms. The third-order valence-corrected chi connectivity index (χ3v) is 11.3. The maximum absolute atomic E-state index is 14.2. The number of benzene rings is 1. The van der Waals surface area contributed by atoms with Gasteiger partial charge in [-0.2, -0.15) is 0 Å². The smallest absolute Gasteiger partial charge is 0.329 e. The summed E-state index contributed by atoms with van der Waals surface area (Å²) in [6.45, 7) is 8.91. The molecule has 14 heteroatoms. The van der Waals surface area contributed by atoms with Gasteiger partial charge in [-0.15, -0.1) is 23.2 Å². The summed E-state index contributed by atoms with van der Waals surface area (Å²) in [7, 11) is 0. The molecule has 0 radical (unpaired) electrons. The number of Topliss-reactive ketones (excluding diaryl/α,β-unsaturated/α-hetero) is 1. The van der Waals surface area contributed by atoms with Crippen molar-refractivity contribution < 1.29 is 33.5 Å². The summed E-state index contributed by atoms with van der Waals surface area (Å²) in [5.41, 5.74) is 6.69. The molecule has 1 aromatic carbocycles. The minimum absolute atomic E-state index is 0.0487. The quantitative estimate of drug-likeness (QED) is 0.155. The summed E-state index contributed by atoms with van der Waals surface area (Å²) in [5.74, 6) is -5.44. The number of likely N-dealkylation sites (tertiary alicyclic amines) is 1. The van der Waals surface area contributed by atoms with Crippen LogP contribution >= 0.6 is 23.2 Å². The van der Waals surface area contributed by atoms with E-state index in [-0.39, 0.29) is 24.5 Å². The maximum Gasteiger partial charge on any atom is 0.329 e. The Hall–Kier alpha value is -3.38. The van der Waals surface area contributed by atoms with E-state index in [0.29, 0.717) is 25.7 Å². The van der Waals surface area contributed by atoms with E-state index in [0.717, 1.165) is 17.5 Å². The summed E-state index contributed by atoms with van der Waals surface area (Å²) in [6.07, 6.45) is 2.98. The van der Waals surface area contributed by atoms with Gasteiger partial charge in [0, 0.05) is 31.2 Å². The molecule has 48 heavy (non-hydrogen) atoms. The van der Waals surface area contributed by atoms with E-state index >= 15 is 0 Å². The molecule has 1 unspecified atom stereocenters. The number of urea groups is 1. The van der Waals surface area contributed by atoms with Crippen LogP contribution in [0.4, 0.5) is 4.79 Å². The number of amides is 5. The number of nitrogens with one attached hydrogen (secondary N) is 3. The highest BCUT2D eigenvalue weighted by atomic mass is 35.5. The predicted molar refractivity (Wildman–Crippen MR) is 178 cm³/mol. The number of ketones is 1. The summed E-state index contributed by atoms with van der Waals surface area (Å²) >= 11 is 13.0. The lowest BCUT2D eigenvalue weighted by Gasteiger charge is -2.38. The molecule has 0 aromatic heterocycles. The standard InChI is InChI=1S/C34H45Cl2N5O7/c1-16(2)23(31(46)48-20-13-18-9-6-7-10-19(18)14-20)39-32(47)40-27(33(3,4)5)30(45)41-15-21-22(34(21,35)36)25(41)29(44)38-24(17-11-8-12-17)26(42)28(37)43/h6-7,9-10,16-17,20-25,27H,8,11-15H2,1-5H3,(H2,37,43)(H,38,44)(H2,39,40,47)/t21-,22-,23-,24?,25-,27+/m0/s1. The highest BCUT2D eigenvalue weighted by molar-refractivity contribution is 6.51. The van der Waals surface area contributed by atoms with E-state index in [1.807, 2.05) is 24.3 Å². The number of nitrogens with zero attached hydrogens (tertiary/aromatic N) is 1. The number of carbonyl (C=O) groups excluding carboxylic acids is 6. The van der Waals surface area contributed by atoms with Crippen LogP contribution in [0.25, 0.3) is 0 Å². The normalized spacial score (nSPS) is 24.8. The highest BCUT2D eigenvalue weighted by Crippen LogP contribution is 2.65. The zero-order valence-electron chi connectivity index (χ0n) is 27.9. The molecule has 262 valence electrons. The van der Waals surface area contributed by atoms with Gasteiger partial charge in [-0.3, -0.25) is 19.2 Å². The average molecular weight is 707 g/mol. The molecule has 6 atom stereocenters. The molecule has 2 saturated carbocycles. The SMILES string of the molecule is CC(C)[C@H](NC(=O)N[C@H](C(=O)N1C[C@H]2[C@@H]([C@H]1C(=O)NC(C(=O)C(N)=O)C1CCC1)C2(Cl)Cl)C(C)(C)C)C(=O)OC1Cc2ccccc2C1. The Bertz CT molecular complexity index is 1470. The molecule has 5 amide bonds. The fourth-order valence-electron chi connectivity index (χ4n) is 7.16. The molecule has 3 fully saturated rings. The van der Waals surface area contributed by atoms with Crippen molar-refractivity contribution in [3.05, 3.63) is 35.4 Å². The van der Waals surface area contributed by atoms with Crippen LogP contribution in [0.3, 0.4) is 0 Å². The molecule has 4 aliphatic rings. The number of ether oxygens (including phenoxy) is 1. The summed E-state index contributed by atoms with van der Waals surface area (Å²) in [6, 6.07) is 2.76. The minimum Gasteiger partial charge on any atom is -0.460 e. The van der Waals surface area contributed by atoms with E-state index in [1.54, 1.807) is 34.6 Å². The van der Waals surface area contributed by atoms with Crippen LogP contribution < -0.4 is 21.7 Å². The van der Waals surface area contributed by atoms with Crippen molar-refractivity contribution >= 4 is 58.7 Å². The number of piperidine rings is 1. The second-order valence-electron chi connectivity index (χ2n) is 15.0. The van der Waals surface area contributed by atoms with E-state index in [4.69, 9.17) is 33.7 Å². The van der Waals surface area contributed by atoms with Crippen LogP contribution in [0.15, 0.2) is 24.3 Å². The molecule has 1 heterocycles. The van der Waals surface area contributed by atoms with Crippen LogP contribution in [-0.2, 0) is 41.6 Å². The first-order valence-corrected chi connectivity index (χ1v) is 17.3. The monoisotopic (exact) mass is 705 g/mol. The van der Waals surface area contributed by atoms with Crippen LogP contribution in [0, 0.1) is 29.1 Å². The van der Waals surface area contributed by atoms with Gasteiger partial charge in [-0.25, -0.2) is 9.59 Å². The average Bonchev–Trinajstić information content (AvgIpc) is 3.31. The first-order valence-electron chi connectivity index (χ1n) is 16.6. The Morgan fingerprint density at radius 2 is 1.58 bits per heavy atom. The van der Waals surface area contributed by atoms with Crippen molar-refractivity contribution in [1.82, 2.24) is 20.9 Å². The molecule has 5 N–H and O–H groups in total. The van der Waals surface area contributed by atoms with Crippen molar-refractivity contribution in [1.29, 1.82) is 0 Å². The van der Waals surface area contributed by atoms with Crippen molar-refractivity contribution in [3.63, 3.8) is 0 Å². The summed E-state index contributed by atoms with van der Waals surface area (Å²) in [5, 5.41) is 8.12. The molecule has 0 spiro atoms. The first kappa shape index (κ1) is 35.9. The third kappa shape index (κ3) is 7.15. The van der Waals surface area contributed by atoms with Crippen molar-refractivity contribution in [2.75, 3.05) is 6.54 Å². The number of alkyl halides is 2. The number of hydrogen-bond acceptors (Lipinski definition) is 7. The molecule has 1 saturated heterocycles. The van der Waals surface area contributed by atoms with Gasteiger partial charge in [0.2, 0.25) is 17.6 Å². The number of carbonyl (C=O) groups is 6. The molecule has 1 aliphatic heterocycles. The molecule has 5 rings (SSSR count). The van der Waals surface area contributed by atoms with E-state index < -0.39 is 81.3 Å². The third-order valence-electron chi connectivity index (χ3n) is 10.2. The molecular formula is C34H45Cl2N5O7. The fraction of sp³-hybridized carbons (Fsp3) is 0.647. The summed E-state index contributed by atoms with van der Waals surface area (Å²) in [4.78, 5) is 80.5. The number of hydrogen-bond donors (Lipinski definition) is 4. The predicted octanol–water partition coefficient (Wildman–Crippen LogP) is 2.41. The lowest BCUT2D eigenvalue weighted by atomic mass is 9.78. The van der Waals surface area contributed by atoms with Gasteiger partial charge in [0.1, 0.15) is 34.6 Å². The lowest BCUT2D eigenvalue weighted by molar-refractivity contribution is -0.152. The number of rotatable bonds is 11. The lowest BCUT2D eigenvalue weighted by Crippen LogP contribution is -2.63. The van der Waals surface area contributed by atoms with Gasteiger partial charge in [0.05, 0.1) is 0 Å². The van der Waals surface area contributed by atoms with Gasteiger partial charge in [-0.1, -0.05) is 65.3 Å². The van der Waals surface area contributed by atoms with Crippen molar-refractivity contribution in [2.24, 2.45) is 34.8 Å². The minimum atomic E-state index is -1.26. The Morgan fingerprint density at radius 1 is 0.979 bits per heavy atom. The van der Waals surface area contributed by atoms with Crippen molar-refractivity contribution in [2.45, 2.75) is 101 Å². The van der Waals surface area contributed by atoms with Gasteiger partial charge < -0.3 is 31.3 Å². The zero-order valence-corrected chi connectivity index (χ0v) is 29.4. The molecular weight excluding hydrogens is 661 g/mol. The van der Waals surface area contributed by atoms with E-state index in [1.165, 1.54) is 4.90 Å². The number of primary amides is 1. The fourth-order valence-corrected chi connectivity index (χ4v) is 7.99. The van der Waals surface area contributed by atoms with Gasteiger partial charge in [-0.05, 0) is 41.2 Å². The number of nitrogens with two attached hydrogens (primary N) is 1. The number of esters is 1. The van der Waals surface area contributed by atoms with E-state index in [9.17, 15) is 28.8 Å². The molecule has 12 nitrogen and oxygen atoms in total. The van der Waals surface area contributed by atoms with Gasteiger partial charge in [0.25, 0.3) is 5.91 Å². The van der Waals surface area contributed by atoms with Gasteiger partial charge >= 0.3 is 12.0 Å². The van der Waals surface area contributed by atoms with Crippen LogP contribution in [0.1, 0.15) is 65.0 Å². The topological polar surface area (TPSA) is 177 Å². The first-order chi connectivity index (χ1) is 22.4. The van der Waals surface area contributed by atoms with Crippen LogP contribution in [0.5, 0.6) is 0 Å². The van der Waals surface area contributed by atoms with Crippen LogP contribution in [0.2, 0.25) is 0 Å².